The van der Waals surface area contributed by atoms with Crippen molar-refractivity contribution in [3.05, 3.63) is 430 Å². The third-order valence-electron chi connectivity index (χ3n) is 31.5. The van der Waals surface area contributed by atoms with Crippen LogP contribution in [0, 0.1) is 0 Å². The van der Waals surface area contributed by atoms with Crippen molar-refractivity contribution in [2.75, 3.05) is 0 Å². The fraction of sp³-hybridized carbons (Fsp3) is 0.0226. The van der Waals surface area contributed by atoms with Gasteiger partial charge in [-0.1, -0.05) is 305 Å². The van der Waals surface area contributed by atoms with E-state index in [1.807, 2.05) is 78.9 Å². The third-order valence-corrected chi connectivity index (χ3v) is 31.5. The largest absolute Gasteiger partial charge is 0.456 e. The molecule has 13 heteroatoms. The summed E-state index contributed by atoms with van der Waals surface area (Å²) in [7, 11) is 0. The number of hydrogen-bond donors (Lipinski definition) is 0. The molecule has 24 aromatic carbocycles. The van der Waals surface area contributed by atoms with Crippen LogP contribution in [0.2, 0.25) is 0 Å². The summed E-state index contributed by atoms with van der Waals surface area (Å²) in [6.45, 7) is 4.76. The summed E-state index contributed by atoms with van der Waals surface area (Å²) in [5.41, 5.74) is 29.1. The Bertz CT molecular complexity index is 11700. The third kappa shape index (κ3) is 10.8. The van der Waals surface area contributed by atoms with Crippen LogP contribution >= 0.6 is 0 Å². The Balaban J connectivity index is 0.0000000959. The molecule has 146 heavy (non-hydrogen) atoms. The molecule has 0 amide bonds. The molecular weight excluding hydrogens is 1790 g/mol. The van der Waals surface area contributed by atoms with E-state index in [1.54, 1.807) is 0 Å². The second kappa shape index (κ2) is 29.3. The van der Waals surface area contributed by atoms with E-state index in [0.29, 0.717) is 0 Å². The molecule has 10 aromatic heterocycles. The van der Waals surface area contributed by atoms with Crippen molar-refractivity contribution in [3.63, 3.8) is 0 Å². The molecule has 0 N–H and O–H groups in total. The predicted octanol–water partition coefficient (Wildman–Crippen LogP) is 35.5. The van der Waals surface area contributed by atoms with E-state index >= 15 is 0 Å². The van der Waals surface area contributed by atoms with E-state index in [0.717, 1.165) is 216 Å². The van der Waals surface area contributed by atoms with Crippen LogP contribution in [-0.4, -0.2) is 43.6 Å². The number of para-hydroxylation sites is 7. The van der Waals surface area contributed by atoms with Gasteiger partial charge in [0.1, 0.15) is 56.2 Å². The lowest BCUT2D eigenvalue weighted by atomic mass is 9.81. The molecule has 0 bridgehead atoms. The first-order chi connectivity index (χ1) is 72.2. The summed E-state index contributed by atoms with van der Waals surface area (Å²) in [5, 5.41) is 32.8. The molecule has 0 atom stereocenters. The molecule has 0 saturated heterocycles. The number of fused-ring (bicyclic) bond motifs is 21. The number of nitrogens with zero attached hydrogens (tertiary/aromatic N) is 9. The van der Waals surface area contributed by atoms with Crippen molar-refractivity contribution in [2.45, 2.75) is 19.3 Å². The fourth-order valence-corrected chi connectivity index (χ4v) is 25.5. The van der Waals surface area contributed by atoms with Gasteiger partial charge in [-0.3, -0.25) is 13.7 Å². The van der Waals surface area contributed by atoms with Crippen molar-refractivity contribution in [3.8, 4) is 62.4 Å². The first-order valence-electron chi connectivity index (χ1n) is 49.7. The van der Waals surface area contributed by atoms with Crippen molar-refractivity contribution in [1.29, 1.82) is 0 Å². The van der Waals surface area contributed by atoms with E-state index in [4.69, 9.17) is 47.6 Å². The van der Waals surface area contributed by atoms with Crippen LogP contribution in [0.5, 0.6) is 0 Å². The second-order valence-electron chi connectivity index (χ2n) is 39.5. The molecule has 0 aliphatic heterocycles. The minimum absolute atomic E-state index is 0.279. The van der Waals surface area contributed by atoms with Gasteiger partial charge in [0.15, 0.2) is 23.0 Å². The molecular formula is C133H75N9O4. The Morgan fingerprint density at radius 3 is 1.02 bits per heavy atom. The molecule has 676 valence electrons. The first kappa shape index (κ1) is 79.3. The normalized spacial score (nSPS) is 12.9. The number of benzene rings is 21. The summed E-state index contributed by atoms with van der Waals surface area (Å²) < 4.78 is 33.9. The number of rotatable bonds is 6. The quantitative estimate of drug-likeness (QED) is 0.158. The van der Waals surface area contributed by atoms with Crippen molar-refractivity contribution in [2.24, 2.45) is 0 Å². The van der Waals surface area contributed by atoms with Crippen molar-refractivity contribution in [1.82, 2.24) is 43.6 Å². The zero-order chi connectivity index (χ0) is 95.3. The zero-order valence-electron chi connectivity index (χ0n) is 78.5. The van der Waals surface area contributed by atoms with E-state index in [9.17, 15) is 0 Å². The smallest absolute Gasteiger partial charge is 0.165 e. The SMILES string of the molecule is CC1(C)c2ccccc2-c2cc3c4ccccc4c4cccc5oc6ccc7c(c6c54)c3c(c21)n7-c1nc2ccccc2nc1-c1ccccc1.c1ccc(-c2nc3ccccc3nc2-n2c3ccc4oc5cccc6c7ccccc7c7cc8c9ccccc9oc8c2c7c3c4c56)cc1.c1ccc(-c2nc3ccccc3nc2-n2c3cccc4c5cc6ccccc6cc5c5cccc6oc7ccc2c(c7c65)c43)cc1. The highest BCUT2D eigenvalue weighted by Crippen LogP contribution is 2.59. The van der Waals surface area contributed by atoms with E-state index < -0.39 is 0 Å². The van der Waals surface area contributed by atoms with E-state index in [-0.39, 0.29) is 5.41 Å². The maximum Gasteiger partial charge on any atom is 0.165 e. The molecule has 0 unspecified atom stereocenters. The van der Waals surface area contributed by atoms with Gasteiger partial charge in [0, 0.05) is 97.5 Å². The Morgan fingerprint density at radius 1 is 0.199 bits per heavy atom. The van der Waals surface area contributed by atoms with Crippen LogP contribution in [-0.2, 0) is 5.41 Å². The highest BCUT2D eigenvalue weighted by Gasteiger charge is 2.42. The zero-order valence-corrected chi connectivity index (χ0v) is 78.5. The van der Waals surface area contributed by atoms with Gasteiger partial charge >= 0.3 is 0 Å². The lowest BCUT2D eigenvalue weighted by Gasteiger charge is -2.24. The van der Waals surface area contributed by atoms with Crippen LogP contribution in [0.4, 0.5) is 0 Å². The van der Waals surface area contributed by atoms with Gasteiger partial charge in [0.25, 0.3) is 0 Å². The molecule has 1 aliphatic rings. The summed E-state index contributed by atoms with van der Waals surface area (Å²) >= 11 is 0. The van der Waals surface area contributed by atoms with E-state index in [2.05, 4.69) is 367 Å². The Labute approximate surface area is 828 Å². The summed E-state index contributed by atoms with van der Waals surface area (Å²) in [6, 6.07) is 148. The van der Waals surface area contributed by atoms with Gasteiger partial charge < -0.3 is 17.7 Å². The lowest BCUT2D eigenvalue weighted by molar-refractivity contribution is 0.663. The minimum atomic E-state index is -0.279. The monoisotopic (exact) mass is 1860 g/mol. The lowest BCUT2D eigenvalue weighted by Crippen LogP contribution is -2.17. The number of hydrogen-bond acceptors (Lipinski definition) is 10. The van der Waals surface area contributed by atoms with Crippen LogP contribution in [0.1, 0.15) is 25.0 Å². The Morgan fingerprint density at radius 2 is 0.534 bits per heavy atom. The standard InChI is InChI=1S/C47H29N3O.C44H23N3O2.C42H23N3O/c1-47(2)33-19-9-8-17-29(33)32-25-31-28-16-7-6-15-27(28)30-18-12-22-37-39(30)42-38(51-37)24-23-36-41(42)40(31)45(43(32)47)50(36)46-44(26-13-4-3-5-14-26)48-34-20-10-11-21-35(34)49-46;1-2-11-24(12-3-1)41-44(46-32-18-8-7-17-31(32)45-41)47-33-21-22-36-40-37-28(16-10-20-35(37)48-36)25-13-4-5-14-26(25)29-23-30-27-15-6-9-19-34(27)49-43(30)42(47)38(29)39(33)40;1-2-10-24(11-3-1)41-42(44-32-17-7-6-16-31(32)43-41)45-33-18-8-14-27-29-22-25-12-4-5-13-26(25)23-30(29)28-15-9-19-35-38(28)40-36(46-35)21-20-34(45)39(40)37(27)33/h3-25H,1-2H3;1-23H;1-23H. The first-order valence-corrected chi connectivity index (χ1v) is 49.7. The van der Waals surface area contributed by atoms with Gasteiger partial charge in [-0.05, 0) is 225 Å². The summed E-state index contributed by atoms with van der Waals surface area (Å²) in [6.07, 6.45) is 0. The average molecular weight is 1860 g/mol. The predicted molar refractivity (Wildman–Crippen MR) is 601 cm³/mol. The molecule has 13 nitrogen and oxygen atoms in total. The number of furan rings is 4. The van der Waals surface area contributed by atoms with Crippen molar-refractivity contribution >= 4 is 262 Å². The van der Waals surface area contributed by atoms with Crippen LogP contribution in [0.3, 0.4) is 0 Å². The second-order valence-corrected chi connectivity index (χ2v) is 39.5. The molecule has 0 spiro atoms. The van der Waals surface area contributed by atoms with Crippen LogP contribution in [0.25, 0.3) is 324 Å². The molecule has 10 heterocycles. The molecule has 35 rings (SSSR count). The molecule has 0 saturated carbocycles. The van der Waals surface area contributed by atoms with Gasteiger partial charge in [-0.25, -0.2) is 29.9 Å². The Hall–Kier alpha value is -19.5. The highest BCUT2D eigenvalue weighted by atomic mass is 16.3. The summed E-state index contributed by atoms with van der Waals surface area (Å²) in [4.78, 5) is 32.2. The minimum Gasteiger partial charge on any atom is -0.456 e. The van der Waals surface area contributed by atoms with Crippen molar-refractivity contribution < 1.29 is 17.7 Å². The van der Waals surface area contributed by atoms with Gasteiger partial charge in [0.2, 0.25) is 0 Å². The Kier molecular flexibility index (Phi) is 15.9. The highest BCUT2D eigenvalue weighted by molar-refractivity contribution is 6.44. The molecule has 0 radical (unpaired) electrons. The molecule has 34 aromatic rings. The topological polar surface area (TPSA) is 145 Å². The van der Waals surface area contributed by atoms with E-state index in [1.165, 1.54) is 119 Å². The van der Waals surface area contributed by atoms with Gasteiger partial charge in [-0.2, -0.15) is 0 Å². The van der Waals surface area contributed by atoms with Gasteiger partial charge in [-0.15, -0.1) is 0 Å². The molecule has 1 aliphatic carbocycles. The summed E-state index contributed by atoms with van der Waals surface area (Å²) in [5.74, 6) is 2.39. The van der Waals surface area contributed by atoms with Crippen LogP contribution < -0.4 is 0 Å². The maximum atomic E-state index is 6.88. The molecule has 0 fully saturated rings. The fourth-order valence-electron chi connectivity index (χ4n) is 25.5. The maximum absolute atomic E-state index is 6.88. The average Bonchev–Trinajstić information content (AvgIpc) is 1.46. The van der Waals surface area contributed by atoms with Gasteiger partial charge in [0.05, 0.1) is 66.2 Å². The number of aromatic nitrogens is 9. The van der Waals surface area contributed by atoms with Crippen LogP contribution in [0.15, 0.2) is 436 Å².